The average molecular weight is 227 g/mol. The Labute approximate surface area is 98.7 Å². The summed E-state index contributed by atoms with van der Waals surface area (Å²) in [4.78, 5) is 0. The molecule has 0 aliphatic heterocycles. The molecule has 0 aliphatic carbocycles. The number of rotatable bonds is 1. The minimum Gasteiger partial charge on any atom is -0.332 e. The van der Waals surface area contributed by atoms with Gasteiger partial charge in [-0.25, -0.2) is 0 Å². The minimum atomic E-state index is 0.304. The molecule has 2 aromatic carbocycles. The molecule has 0 spiro atoms. The van der Waals surface area contributed by atoms with Crippen molar-refractivity contribution >= 4 is 33.8 Å². The van der Waals surface area contributed by atoms with Gasteiger partial charge in [-0.1, -0.05) is 30.3 Å². The van der Waals surface area contributed by atoms with E-state index in [1.165, 1.54) is 5.39 Å². The van der Waals surface area contributed by atoms with Crippen LogP contribution in [0.5, 0.6) is 0 Å². The van der Waals surface area contributed by atoms with Crippen molar-refractivity contribution in [2.75, 3.05) is 5.32 Å². The molecule has 0 heterocycles. The van der Waals surface area contributed by atoms with Crippen molar-refractivity contribution in [1.29, 1.82) is 5.26 Å². The van der Waals surface area contributed by atoms with Crippen LogP contribution in [0.3, 0.4) is 0 Å². The summed E-state index contributed by atoms with van der Waals surface area (Å²) in [7, 11) is 0. The van der Waals surface area contributed by atoms with Crippen LogP contribution in [0.15, 0.2) is 42.5 Å². The van der Waals surface area contributed by atoms with E-state index in [2.05, 4.69) is 10.6 Å². The first-order valence-corrected chi connectivity index (χ1v) is 5.15. The molecule has 3 nitrogen and oxygen atoms in total. The second-order valence-electron chi connectivity index (χ2n) is 3.25. The highest BCUT2D eigenvalue weighted by Gasteiger charge is 1.97. The minimum absolute atomic E-state index is 0.304. The number of nitriles is 1. The SMILES string of the molecule is N#CNC(=S)Nc1ccc2ccccc2c1. The third-order valence-electron chi connectivity index (χ3n) is 2.18. The van der Waals surface area contributed by atoms with E-state index < -0.39 is 0 Å². The summed E-state index contributed by atoms with van der Waals surface area (Å²) in [5.74, 6) is 0. The van der Waals surface area contributed by atoms with E-state index in [4.69, 9.17) is 17.5 Å². The molecule has 0 amide bonds. The van der Waals surface area contributed by atoms with Crippen molar-refractivity contribution < 1.29 is 0 Å². The summed E-state index contributed by atoms with van der Waals surface area (Å²) in [5, 5.41) is 16.3. The molecule has 16 heavy (non-hydrogen) atoms. The van der Waals surface area contributed by atoms with Gasteiger partial charge < -0.3 is 5.32 Å². The molecule has 2 aromatic rings. The summed E-state index contributed by atoms with van der Waals surface area (Å²) in [6.45, 7) is 0. The van der Waals surface area contributed by atoms with Crippen molar-refractivity contribution in [3.63, 3.8) is 0 Å². The number of thiocarbonyl (C=S) groups is 1. The van der Waals surface area contributed by atoms with Crippen LogP contribution < -0.4 is 10.6 Å². The van der Waals surface area contributed by atoms with E-state index in [0.717, 1.165) is 11.1 Å². The smallest absolute Gasteiger partial charge is 0.184 e. The zero-order valence-electron chi connectivity index (χ0n) is 8.40. The molecule has 78 valence electrons. The number of anilines is 1. The number of hydrogen-bond acceptors (Lipinski definition) is 2. The largest absolute Gasteiger partial charge is 0.332 e. The van der Waals surface area contributed by atoms with Crippen molar-refractivity contribution in [2.45, 2.75) is 0 Å². The van der Waals surface area contributed by atoms with E-state index in [0.29, 0.717) is 5.11 Å². The van der Waals surface area contributed by atoms with E-state index in [9.17, 15) is 0 Å². The van der Waals surface area contributed by atoms with Gasteiger partial charge in [0.25, 0.3) is 0 Å². The third kappa shape index (κ3) is 2.27. The fourth-order valence-corrected chi connectivity index (χ4v) is 1.64. The van der Waals surface area contributed by atoms with Crippen molar-refractivity contribution in [2.24, 2.45) is 0 Å². The lowest BCUT2D eigenvalue weighted by atomic mass is 10.1. The van der Waals surface area contributed by atoms with Gasteiger partial charge in [-0.2, -0.15) is 5.26 Å². The maximum absolute atomic E-state index is 8.40. The van der Waals surface area contributed by atoms with Gasteiger partial charge in [0, 0.05) is 5.69 Å². The molecule has 2 N–H and O–H groups in total. The Morgan fingerprint density at radius 3 is 2.62 bits per heavy atom. The van der Waals surface area contributed by atoms with Gasteiger partial charge in [0.05, 0.1) is 0 Å². The highest BCUT2D eigenvalue weighted by atomic mass is 32.1. The number of fused-ring (bicyclic) bond motifs is 1. The van der Waals surface area contributed by atoms with Gasteiger partial charge in [0.15, 0.2) is 11.3 Å². The van der Waals surface area contributed by atoms with Gasteiger partial charge in [0.2, 0.25) is 0 Å². The molecule has 2 rings (SSSR count). The van der Waals surface area contributed by atoms with Crippen LogP contribution >= 0.6 is 12.2 Å². The highest BCUT2D eigenvalue weighted by molar-refractivity contribution is 7.80. The van der Waals surface area contributed by atoms with Crippen LogP contribution in [0.25, 0.3) is 10.8 Å². The Morgan fingerprint density at radius 1 is 1.12 bits per heavy atom. The van der Waals surface area contributed by atoms with E-state index >= 15 is 0 Å². The zero-order valence-corrected chi connectivity index (χ0v) is 9.21. The molecule has 0 unspecified atom stereocenters. The van der Waals surface area contributed by atoms with E-state index in [1.54, 1.807) is 6.19 Å². The highest BCUT2D eigenvalue weighted by Crippen LogP contribution is 2.18. The molecule has 0 aliphatic rings. The standard InChI is InChI=1S/C12H9N3S/c13-8-14-12(16)15-11-6-5-9-3-1-2-4-10(9)7-11/h1-7H,(H2,14,15,16). The first kappa shape index (κ1) is 10.4. The summed E-state index contributed by atoms with van der Waals surface area (Å²) >= 11 is 4.91. The molecule has 0 saturated carbocycles. The fourth-order valence-electron chi connectivity index (χ4n) is 1.48. The summed E-state index contributed by atoms with van der Waals surface area (Å²) in [6.07, 6.45) is 1.77. The van der Waals surface area contributed by atoms with Crippen LogP contribution in [-0.2, 0) is 0 Å². The summed E-state index contributed by atoms with van der Waals surface area (Å²) in [5.41, 5.74) is 0.867. The van der Waals surface area contributed by atoms with Crippen LogP contribution in [0.4, 0.5) is 5.69 Å². The second-order valence-corrected chi connectivity index (χ2v) is 3.66. The first-order chi connectivity index (χ1) is 7.79. The quantitative estimate of drug-likeness (QED) is 0.446. The molecule has 0 atom stereocenters. The summed E-state index contributed by atoms with van der Waals surface area (Å²) in [6, 6.07) is 14.0. The maximum atomic E-state index is 8.40. The lowest BCUT2D eigenvalue weighted by Crippen LogP contribution is -2.23. The van der Waals surface area contributed by atoms with Crippen molar-refractivity contribution in [3.05, 3.63) is 42.5 Å². The van der Waals surface area contributed by atoms with Gasteiger partial charge in [-0.15, -0.1) is 0 Å². The Balaban J connectivity index is 2.26. The molecule has 0 fully saturated rings. The number of nitrogens with one attached hydrogen (secondary N) is 2. The molecular weight excluding hydrogens is 218 g/mol. The predicted octanol–water partition coefficient (Wildman–Crippen LogP) is 2.61. The second kappa shape index (κ2) is 4.60. The number of nitrogens with zero attached hydrogens (tertiary/aromatic N) is 1. The van der Waals surface area contributed by atoms with Crippen molar-refractivity contribution in [1.82, 2.24) is 5.32 Å². The normalized spacial score (nSPS) is 9.44. The van der Waals surface area contributed by atoms with E-state index in [-0.39, 0.29) is 0 Å². The lowest BCUT2D eigenvalue weighted by molar-refractivity contribution is 1.28. The fraction of sp³-hybridized carbons (Fsp3) is 0. The van der Waals surface area contributed by atoms with E-state index in [1.807, 2.05) is 42.5 Å². The zero-order chi connectivity index (χ0) is 11.4. The number of benzene rings is 2. The third-order valence-corrected chi connectivity index (χ3v) is 2.38. The van der Waals surface area contributed by atoms with Crippen molar-refractivity contribution in [3.8, 4) is 6.19 Å². The molecule has 0 bridgehead atoms. The van der Waals surface area contributed by atoms with Crippen LogP contribution in [0.2, 0.25) is 0 Å². The van der Waals surface area contributed by atoms with Crippen LogP contribution in [0, 0.1) is 11.5 Å². The number of hydrogen-bond donors (Lipinski definition) is 2. The molecule has 4 heteroatoms. The monoisotopic (exact) mass is 227 g/mol. The predicted molar refractivity (Wildman–Crippen MR) is 68.9 cm³/mol. The lowest BCUT2D eigenvalue weighted by Gasteiger charge is -2.06. The first-order valence-electron chi connectivity index (χ1n) is 4.74. The Kier molecular flexibility index (Phi) is 2.99. The topological polar surface area (TPSA) is 47.9 Å². The van der Waals surface area contributed by atoms with Crippen LogP contribution in [0.1, 0.15) is 0 Å². The Bertz CT molecular complexity index is 572. The maximum Gasteiger partial charge on any atom is 0.184 e. The molecular formula is C12H9N3S. The van der Waals surface area contributed by atoms with Gasteiger partial charge in [-0.3, -0.25) is 5.32 Å². The Hall–Kier alpha value is -2.12. The van der Waals surface area contributed by atoms with Crippen LogP contribution in [-0.4, -0.2) is 5.11 Å². The molecule has 0 aromatic heterocycles. The van der Waals surface area contributed by atoms with Gasteiger partial charge in [0.1, 0.15) is 0 Å². The van der Waals surface area contributed by atoms with Gasteiger partial charge in [-0.05, 0) is 35.1 Å². The molecule has 0 saturated heterocycles. The Morgan fingerprint density at radius 2 is 1.88 bits per heavy atom. The average Bonchev–Trinajstić information content (AvgIpc) is 2.29. The summed E-state index contributed by atoms with van der Waals surface area (Å²) < 4.78 is 0. The van der Waals surface area contributed by atoms with Gasteiger partial charge >= 0.3 is 0 Å². The molecule has 0 radical (unpaired) electrons.